The van der Waals surface area contributed by atoms with Crippen molar-refractivity contribution in [1.82, 2.24) is 4.90 Å². The molecule has 1 rings (SSSR count). The maximum atomic E-state index is 8.81. The van der Waals surface area contributed by atoms with Crippen molar-refractivity contribution in [3.05, 3.63) is 47.1 Å². The molecule has 0 aromatic carbocycles. The van der Waals surface area contributed by atoms with Crippen molar-refractivity contribution in [3.8, 4) is 12.1 Å². The molecular formula is C13H13N3O. The first-order valence-electron chi connectivity index (χ1n) is 5.03. The van der Waals surface area contributed by atoms with E-state index in [9.17, 15) is 0 Å². The Morgan fingerprint density at radius 2 is 1.94 bits per heavy atom. The van der Waals surface area contributed by atoms with E-state index in [1.54, 1.807) is 25.2 Å². The summed E-state index contributed by atoms with van der Waals surface area (Å²) in [5.74, 6) is 1.26. The molecule has 0 aromatic heterocycles. The first-order valence-corrected chi connectivity index (χ1v) is 5.03. The van der Waals surface area contributed by atoms with Crippen LogP contribution in [0.3, 0.4) is 0 Å². The fourth-order valence-corrected chi connectivity index (χ4v) is 1.26. The van der Waals surface area contributed by atoms with E-state index < -0.39 is 0 Å². The zero-order valence-electron chi connectivity index (χ0n) is 10.1. The maximum Gasteiger partial charge on any atom is 0.137 e. The van der Waals surface area contributed by atoms with Crippen LogP contribution < -0.4 is 0 Å². The highest BCUT2D eigenvalue weighted by molar-refractivity contribution is 5.52. The molecule has 0 N–H and O–H groups in total. The van der Waals surface area contributed by atoms with Crippen molar-refractivity contribution in [2.75, 3.05) is 14.1 Å². The van der Waals surface area contributed by atoms with Gasteiger partial charge in [0.15, 0.2) is 0 Å². The van der Waals surface area contributed by atoms with Gasteiger partial charge in [0.25, 0.3) is 0 Å². The third kappa shape index (κ3) is 3.55. The van der Waals surface area contributed by atoms with Gasteiger partial charge in [-0.15, -0.1) is 0 Å². The average Bonchev–Trinajstić information content (AvgIpc) is 2.27. The lowest BCUT2D eigenvalue weighted by Crippen LogP contribution is -2.02. The van der Waals surface area contributed by atoms with Crippen molar-refractivity contribution >= 4 is 0 Å². The summed E-state index contributed by atoms with van der Waals surface area (Å²) in [6.45, 7) is 1.78. The molecule has 86 valence electrons. The van der Waals surface area contributed by atoms with Gasteiger partial charge < -0.3 is 9.64 Å². The number of rotatable bonds is 2. The van der Waals surface area contributed by atoms with Gasteiger partial charge in [0, 0.05) is 25.9 Å². The molecule has 0 unspecified atom stereocenters. The van der Waals surface area contributed by atoms with Crippen LogP contribution in [0.4, 0.5) is 0 Å². The minimum Gasteiger partial charge on any atom is -0.462 e. The molecule has 17 heavy (non-hydrogen) atoms. The zero-order valence-corrected chi connectivity index (χ0v) is 10.1. The lowest BCUT2D eigenvalue weighted by Gasteiger charge is -2.14. The molecule has 0 aromatic rings. The van der Waals surface area contributed by atoms with Gasteiger partial charge in [-0.1, -0.05) is 0 Å². The fourth-order valence-electron chi connectivity index (χ4n) is 1.26. The van der Waals surface area contributed by atoms with Crippen molar-refractivity contribution in [3.63, 3.8) is 0 Å². The fraction of sp³-hybridized carbons (Fsp3) is 0.231. The third-order valence-electron chi connectivity index (χ3n) is 1.98. The molecule has 0 aliphatic carbocycles. The number of ether oxygens (including phenoxy) is 1. The molecule has 1 heterocycles. The van der Waals surface area contributed by atoms with E-state index >= 15 is 0 Å². The van der Waals surface area contributed by atoms with Crippen LogP contribution in [0, 0.1) is 22.7 Å². The molecule has 1 aliphatic heterocycles. The van der Waals surface area contributed by atoms with Gasteiger partial charge in [-0.3, -0.25) is 0 Å². The van der Waals surface area contributed by atoms with Gasteiger partial charge in [0.05, 0.1) is 0 Å². The van der Waals surface area contributed by atoms with Gasteiger partial charge in [-0.25, -0.2) is 0 Å². The van der Waals surface area contributed by atoms with Crippen LogP contribution in [-0.2, 0) is 4.74 Å². The van der Waals surface area contributed by atoms with Crippen LogP contribution in [0.1, 0.15) is 6.92 Å². The first-order chi connectivity index (χ1) is 8.06. The Morgan fingerprint density at radius 3 is 2.47 bits per heavy atom. The molecule has 0 bridgehead atoms. The number of allylic oxidation sites excluding steroid dienone is 6. The molecule has 4 heteroatoms. The van der Waals surface area contributed by atoms with E-state index in [0.29, 0.717) is 17.1 Å². The van der Waals surface area contributed by atoms with Crippen molar-refractivity contribution < 1.29 is 4.74 Å². The highest BCUT2D eigenvalue weighted by Gasteiger charge is 2.10. The molecule has 0 radical (unpaired) electrons. The number of hydrogen-bond acceptors (Lipinski definition) is 4. The summed E-state index contributed by atoms with van der Waals surface area (Å²) in [4.78, 5) is 1.87. The molecule has 0 amide bonds. The Kier molecular flexibility index (Phi) is 4.14. The number of nitriles is 2. The second-order valence-corrected chi connectivity index (χ2v) is 3.74. The van der Waals surface area contributed by atoms with Crippen LogP contribution in [0.25, 0.3) is 0 Å². The smallest absolute Gasteiger partial charge is 0.137 e. The van der Waals surface area contributed by atoms with E-state index in [1.165, 1.54) is 0 Å². The Labute approximate surface area is 101 Å². The lowest BCUT2D eigenvalue weighted by molar-refractivity contribution is 0.316. The van der Waals surface area contributed by atoms with E-state index in [-0.39, 0.29) is 5.57 Å². The van der Waals surface area contributed by atoms with Crippen molar-refractivity contribution in [2.24, 2.45) is 0 Å². The predicted molar refractivity (Wildman–Crippen MR) is 64.0 cm³/mol. The Hall–Kier alpha value is -2.46. The number of nitrogens with zero attached hydrogens (tertiary/aromatic N) is 3. The standard InChI is InChI=1S/C13H13N3O/c1-10-6-11(12(8-14)9-15)7-13(17-10)4-5-16(2)3/h4-7H,1-3H3. The van der Waals surface area contributed by atoms with E-state index in [1.807, 2.05) is 37.3 Å². The van der Waals surface area contributed by atoms with E-state index in [2.05, 4.69) is 0 Å². The van der Waals surface area contributed by atoms with E-state index in [4.69, 9.17) is 15.3 Å². The Balaban J connectivity index is 3.11. The topological polar surface area (TPSA) is 60.0 Å². The van der Waals surface area contributed by atoms with Crippen LogP contribution >= 0.6 is 0 Å². The van der Waals surface area contributed by atoms with Gasteiger partial charge in [-0.05, 0) is 25.2 Å². The summed E-state index contributed by atoms with van der Waals surface area (Å²) in [6, 6.07) is 3.73. The monoisotopic (exact) mass is 227 g/mol. The first kappa shape index (κ1) is 12.6. The summed E-state index contributed by atoms with van der Waals surface area (Å²) in [5.41, 5.74) is 0.667. The summed E-state index contributed by atoms with van der Waals surface area (Å²) in [6.07, 6.45) is 6.97. The maximum absolute atomic E-state index is 8.81. The SMILES string of the molecule is CC1=CC(=C(C#N)C#N)C=C(C=CN(C)C)O1. The van der Waals surface area contributed by atoms with Crippen molar-refractivity contribution in [2.45, 2.75) is 6.92 Å². The Bertz CT molecular complexity index is 492. The van der Waals surface area contributed by atoms with Crippen LogP contribution in [-0.4, -0.2) is 19.0 Å². The molecule has 0 saturated carbocycles. The summed E-state index contributed by atoms with van der Waals surface area (Å²) in [5, 5.41) is 17.6. The molecule has 1 aliphatic rings. The predicted octanol–water partition coefficient (Wildman–Crippen LogP) is 2.22. The lowest BCUT2D eigenvalue weighted by atomic mass is 10.1. The quantitative estimate of drug-likeness (QED) is 0.679. The zero-order chi connectivity index (χ0) is 12.8. The molecular weight excluding hydrogens is 214 g/mol. The highest BCUT2D eigenvalue weighted by atomic mass is 16.5. The van der Waals surface area contributed by atoms with E-state index in [0.717, 1.165) is 0 Å². The van der Waals surface area contributed by atoms with Crippen LogP contribution in [0.15, 0.2) is 47.1 Å². The van der Waals surface area contributed by atoms with Crippen molar-refractivity contribution in [1.29, 1.82) is 10.5 Å². The summed E-state index contributed by atoms with van der Waals surface area (Å²) >= 11 is 0. The minimum absolute atomic E-state index is 0.0865. The molecule has 0 spiro atoms. The molecule has 0 fully saturated rings. The highest BCUT2D eigenvalue weighted by Crippen LogP contribution is 2.21. The van der Waals surface area contributed by atoms with Gasteiger partial charge in [0.2, 0.25) is 0 Å². The largest absolute Gasteiger partial charge is 0.462 e. The second-order valence-electron chi connectivity index (χ2n) is 3.74. The number of hydrogen-bond donors (Lipinski definition) is 0. The minimum atomic E-state index is 0.0865. The average molecular weight is 227 g/mol. The normalized spacial score (nSPS) is 14.3. The molecule has 0 atom stereocenters. The van der Waals surface area contributed by atoms with Gasteiger partial charge >= 0.3 is 0 Å². The summed E-state index contributed by atoms with van der Waals surface area (Å²) < 4.78 is 5.46. The summed E-state index contributed by atoms with van der Waals surface area (Å²) in [7, 11) is 3.80. The molecule has 0 saturated heterocycles. The van der Waals surface area contributed by atoms with Gasteiger partial charge in [-0.2, -0.15) is 10.5 Å². The second kappa shape index (κ2) is 5.58. The third-order valence-corrected chi connectivity index (χ3v) is 1.98. The van der Waals surface area contributed by atoms with Crippen LogP contribution in [0.5, 0.6) is 0 Å². The molecule has 4 nitrogen and oxygen atoms in total. The Morgan fingerprint density at radius 1 is 1.29 bits per heavy atom. The van der Waals surface area contributed by atoms with Crippen LogP contribution in [0.2, 0.25) is 0 Å². The van der Waals surface area contributed by atoms with Gasteiger partial charge in [0.1, 0.15) is 29.2 Å².